The number of carboxylic acid groups (broad SMARTS) is 1. The molecule has 1 saturated heterocycles. The van der Waals surface area contributed by atoms with Crippen molar-refractivity contribution in [2.24, 2.45) is 5.73 Å². The van der Waals surface area contributed by atoms with E-state index in [2.05, 4.69) is 0 Å². The zero-order chi connectivity index (χ0) is 9.84. The normalized spacial score (nSPS) is 23.7. The van der Waals surface area contributed by atoms with Crippen LogP contribution in [0.25, 0.3) is 0 Å². The van der Waals surface area contributed by atoms with Crippen LogP contribution < -0.4 is 5.73 Å². The summed E-state index contributed by atoms with van der Waals surface area (Å²) in [5.41, 5.74) is 5.12. The van der Waals surface area contributed by atoms with Crippen molar-refractivity contribution in [3.05, 3.63) is 0 Å². The number of amides is 2. The second-order valence-corrected chi connectivity index (χ2v) is 3.24. The maximum Gasteiger partial charge on any atom is 0.407 e. The van der Waals surface area contributed by atoms with Crippen LogP contribution in [0.5, 0.6) is 0 Å². The van der Waals surface area contributed by atoms with Crippen molar-refractivity contribution in [3.8, 4) is 0 Å². The van der Waals surface area contributed by atoms with E-state index in [4.69, 9.17) is 10.8 Å². The fraction of sp³-hybridized carbons (Fsp3) is 0.750. The Morgan fingerprint density at radius 1 is 1.31 bits per heavy atom. The number of nitrogens with two attached hydrogens (primary N) is 1. The Hall–Kier alpha value is -1.26. The lowest BCUT2D eigenvalue weighted by molar-refractivity contribution is -0.122. The van der Waals surface area contributed by atoms with E-state index < -0.39 is 18.0 Å². The third kappa shape index (κ3) is 2.34. The van der Waals surface area contributed by atoms with Crippen molar-refractivity contribution in [3.63, 3.8) is 0 Å². The Morgan fingerprint density at radius 2 is 2.00 bits per heavy atom. The van der Waals surface area contributed by atoms with Crippen molar-refractivity contribution < 1.29 is 14.7 Å². The number of carbonyl (C=O) groups is 2. The summed E-state index contributed by atoms with van der Waals surface area (Å²) in [7, 11) is 0. The molecule has 1 aliphatic heterocycles. The lowest BCUT2D eigenvalue weighted by Crippen LogP contribution is -2.46. The molecule has 0 aromatic heterocycles. The molecule has 1 rings (SSSR count). The molecule has 0 radical (unpaired) electrons. The van der Waals surface area contributed by atoms with Gasteiger partial charge in [0, 0.05) is 6.54 Å². The molecule has 0 aromatic carbocycles. The van der Waals surface area contributed by atoms with Gasteiger partial charge in [-0.25, -0.2) is 4.79 Å². The van der Waals surface area contributed by atoms with Crippen LogP contribution in [0.1, 0.15) is 25.7 Å². The lowest BCUT2D eigenvalue weighted by Gasteiger charge is -2.24. The number of primary amides is 1. The number of carbonyl (C=O) groups excluding carboxylic acids is 1. The number of hydrogen-bond donors (Lipinski definition) is 2. The molecule has 0 saturated carbocycles. The molecule has 1 atom stereocenters. The number of rotatable bonds is 1. The zero-order valence-electron chi connectivity index (χ0n) is 7.40. The van der Waals surface area contributed by atoms with Gasteiger partial charge in [0.05, 0.1) is 0 Å². The molecule has 0 bridgehead atoms. The standard InChI is InChI=1S/C8H14N2O3/c9-7(11)6-4-2-1-3-5-10(6)8(12)13/h6H,1-5H2,(H2,9,11)(H,12,13). The largest absolute Gasteiger partial charge is 0.465 e. The minimum absolute atomic E-state index is 0.420. The molecular weight excluding hydrogens is 172 g/mol. The second kappa shape index (κ2) is 4.11. The van der Waals surface area contributed by atoms with Gasteiger partial charge in [0.25, 0.3) is 0 Å². The van der Waals surface area contributed by atoms with E-state index in [1.807, 2.05) is 0 Å². The first-order chi connectivity index (χ1) is 6.13. The monoisotopic (exact) mass is 186 g/mol. The predicted molar refractivity (Wildman–Crippen MR) is 46.2 cm³/mol. The average Bonchev–Trinajstić information content (AvgIpc) is 2.27. The van der Waals surface area contributed by atoms with Gasteiger partial charge in [0.1, 0.15) is 6.04 Å². The van der Waals surface area contributed by atoms with E-state index in [1.165, 1.54) is 0 Å². The Bertz CT molecular complexity index is 195. The maximum atomic E-state index is 10.9. The van der Waals surface area contributed by atoms with Crippen LogP contribution in [0.2, 0.25) is 0 Å². The van der Waals surface area contributed by atoms with Crippen LogP contribution in [0.3, 0.4) is 0 Å². The molecule has 0 aromatic rings. The topological polar surface area (TPSA) is 83.6 Å². The maximum absolute atomic E-state index is 10.9. The highest BCUT2D eigenvalue weighted by atomic mass is 16.4. The summed E-state index contributed by atoms with van der Waals surface area (Å²) in [5.74, 6) is -0.538. The fourth-order valence-electron chi connectivity index (χ4n) is 1.63. The Balaban J connectivity index is 2.72. The van der Waals surface area contributed by atoms with E-state index in [9.17, 15) is 9.59 Å². The van der Waals surface area contributed by atoms with Crippen molar-refractivity contribution in [1.82, 2.24) is 4.90 Å². The summed E-state index contributed by atoms with van der Waals surface area (Å²) in [6.07, 6.45) is 2.16. The molecule has 1 unspecified atom stereocenters. The molecule has 5 nitrogen and oxygen atoms in total. The van der Waals surface area contributed by atoms with E-state index >= 15 is 0 Å². The molecular formula is C8H14N2O3. The minimum Gasteiger partial charge on any atom is -0.465 e. The molecule has 74 valence electrons. The quantitative estimate of drug-likeness (QED) is 0.621. The SMILES string of the molecule is NC(=O)C1CCCCCN1C(=O)O. The van der Waals surface area contributed by atoms with Crippen LogP contribution >= 0.6 is 0 Å². The summed E-state index contributed by atoms with van der Waals surface area (Å²) < 4.78 is 0. The summed E-state index contributed by atoms with van der Waals surface area (Å²) >= 11 is 0. The Morgan fingerprint density at radius 3 is 2.54 bits per heavy atom. The lowest BCUT2D eigenvalue weighted by atomic mass is 10.1. The number of nitrogens with zero attached hydrogens (tertiary/aromatic N) is 1. The molecule has 1 fully saturated rings. The van der Waals surface area contributed by atoms with Crippen LogP contribution in [0, 0.1) is 0 Å². The van der Waals surface area contributed by atoms with E-state index in [0.29, 0.717) is 13.0 Å². The Kier molecular flexibility index (Phi) is 3.11. The second-order valence-electron chi connectivity index (χ2n) is 3.24. The van der Waals surface area contributed by atoms with Gasteiger partial charge in [-0.1, -0.05) is 12.8 Å². The van der Waals surface area contributed by atoms with Crippen LogP contribution in [-0.2, 0) is 4.79 Å². The first kappa shape index (κ1) is 9.83. The highest BCUT2D eigenvalue weighted by Crippen LogP contribution is 2.16. The van der Waals surface area contributed by atoms with E-state index in [1.54, 1.807) is 0 Å². The highest BCUT2D eigenvalue weighted by Gasteiger charge is 2.28. The van der Waals surface area contributed by atoms with Crippen molar-refractivity contribution in [2.75, 3.05) is 6.54 Å². The average molecular weight is 186 g/mol. The number of hydrogen-bond acceptors (Lipinski definition) is 2. The summed E-state index contributed by atoms with van der Waals surface area (Å²) in [6, 6.07) is -0.625. The summed E-state index contributed by atoms with van der Waals surface area (Å²) in [6.45, 7) is 0.420. The fourth-order valence-corrected chi connectivity index (χ4v) is 1.63. The van der Waals surface area contributed by atoms with Gasteiger partial charge in [-0.05, 0) is 12.8 Å². The molecule has 13 heavy (non-hydrogen) atoms. The van der Waals surface area contributed by atoms with Gasteiger partial charge >= 0.3 is 6.09 Å². The third-order valence-corrected chi connectivity index (χ3v) is 2.33. The molecule has 2 amide bonds. The van der Waals surface area contributed by atoms with Crippen molar-refractivity contribution in [1.29, 1.82) is 0 Å². The van der Waals surface area contributed by atoms with Crippen LogP contribution in [0.15, 0.2) is 0 Å². The first-order valence-electron chi connectivity index (χ1n) is 4.42. The third-order valence-electron chi connectivity index (χ3n) is 2.33. The van der Waals surface area contributed by atoms with Gasteiger partial charge in [-0.15, -0.1) is 0 Å². The highest BCUT2D eigenvalue weighted by molar-refractivity contribution is 5.83. The predicted octanol–water partition coefficient (Wildman–Crippen LogP) is 0.394. The smallest absolute Gasteiger partial charge is 0.407 e. The van der Waals surface area contributed by atoms with Gasteiger partial charge < -0.3 is 10.8 Å². The Labute approximate surface area is 76.5 Å². The molecule has 1 aliphatic rings. The van der Waals surface area contributed by atoms with Gasteiger partial charge in [-0.2, -0.15) is 0 Å². The van der Waals surface area contributed by atoms with E-state index in [0.717, 1.165) is 24.2 Å². The first-order valence-corrected chi connectivity index (χ1v) is 4.42. The molecule has 5 heteroatoms. The summed E-state index contributed by atoms with van der Waals surface area (Å²) in [4.78, 5) is 22.8. The van der Waals surface area contributed by atoms with E-state index in [-0.39, 0.29) is 0 Å². The van der Waals surface area contributed by atoms with Crippen molar-refractivity contribution >= 4 is 12.0 Å². The molecule has 1 heterocycles. The van der Waals surface area contributed by atoms with Crippen LogP contribution in [-0.4, -0.2) is 34.6 Å². The van der Waals surface area contributed by atoms with Gasteiger partial charge in [-0.3, -0.25) is 9.69 Å². The number of likely N-dealkylation sites (tertiary alicyclic amines) is 1. The zero-order valence-corrected chi connectivity index (χ0v) is 7.40. The van der Waals surface area contributed by atoms with Crippen molar-refractivity contribution in [2.45, 2.75) is 31.7 Å². The summed E-state index contributed by atoms with van der Waals surface area (Å²) in [5, 5.41) is 8.80. The molecule has 0 aliphatic carbocycles. The minimum atomic E-state index is -1.05. The molecule has 3 N–H and O–H groups in total. The van der Waals surface area contributed by atoms with Gasteiger partial charge in [0.15, 0.2) is 0 Å². The molecule has 0 spiro atoms. The van der Waals surface area contributed by atoms with Gasteiger partial charge in [0.2, 0.25) is 5.91 Å². The van der Waals surface area contributed by atoms with Crippen LogP contribution in [0.4, 0.5) is 4.79 Å².